The molecular weight excluding hydrogens is 366 g/mol. The summed E-state index contributed by atoms with van der Waals surface area (Å²) in [5.74, 6) is 0.946. The summed E-state index contributed by atoms with van der Waals surface area (Å²) >= 11 is 0. The maximum atomic E-state index is 12.4. The Morgan fingerprint density at radius 1 is 0.964 bits per heavy atom. The predicted molar refractivity (Wildman–Crippen MR) is 100 cm³/mol. The van der Waals surface area contributed by atoms with Gasteiger partial charge in [-0.2, -0.15) is 0 Å². The third-order valence-electron chi connectivity index (χ3n) is 4.08. The Balaban J connectivity index is 1.63. The van der Waals surface area contributed by atoms with Crippen LogP contribution in [0.15, 0.2) is 36.4 Å². The van der Waals surface area contributed by atoms with Crippen molar-refractivity contribution in [2.75, 3.05) is 32.8 Å². The van der Waals surface area contributed by atoms with Crippen LogP contribution in [0.1, 0.15) is 17.3 Å². The molecule has 2 aromatic rings. The van der Waals surface area contributed by atoms with Gasteiger partial charge in [-0.3, -0.25) is 4.79 Å². The Bertz CT molecular complexity index is 881. The van der Waals surface area contributed by atoms with Crippen LogP contribution in [0.25, 0.3) is 0 Å². The van der Waals surface area contributed by atoms with E-state index in [-0.39, 0.29) is 5.56 Å². The third-order valence-corrected chi connectivity index (χ3v) is 4.08. The van der Waals surface area contributed by atoms with Gasteiger partial charge in [0, 0.05) is 11.8 Å². The first kappa shape index (κ1) is 19.3. The number of esters is 1. The standard InChI is InChI=1S/C20H21NO7/c1-12(28-20(23)13-4-6-15(24-2)17(10-13)25-3)19(22)21-14-5-7-16-18(11-14)27-9-8-26-16/h4-7,10-12H,8-9H2,1-3H3,(H,21,22)/t12-/m0/s1. The molecule has 0 saturated carbocycles. The zero-order valence-electron chi connectivity index (χ0n) is 15.8. The van der Waals surface area contributed by atoms with Crippen LogP contribution in [0.3, 0.4) is 0 Å². The molecule has 3 rings (SSSR count). The first-order valence-corrected chi connectivity index (χ1v) is 8.65. The summed E-state index contributed by atoms with van der Waals surface area (Å²) in [6, 6.07) is 9.69. The smallest absolute Gasteiger partial charge is 0.339 e. The van der Waals surface area contributed by atoms with Gasteiger partial charge in [-0.25, -0.2) is 4.79 Å². The SMILES string of the molecule is COc1ccc(C(=O)O[C@@H](C)C(=O)Nc2ccc3c(c2)OCCO3)cc1OC. The van der Waals surface area contributed by atoms with Crippen LogP contribution in [-0.2, 0) is 9.53 Å². The van der Waals surface area contributed by atoms with Crippen LogP contribution in [0, 0.1) is 0 Å². The maximum Gasteiger partial charge on any atom is 0.339 e. The van der Waals surface area contributed by atoms with Crippen molar-refractivity contribution < 1.29 is 33.3 Å². The van der Waals surface area contributed by atoms with Gasteiger partial charge in [0.1, 0.15) is 13.2 Å². The van der Waals surface area contributed by atoms with Crippen molar-refractivity contribution in [1.82, 2.24) is 0 Å². The second kappa shape index (κ2) is 8.51. The number of amides is 1. The average molecular weight is 387 g/mol. The third kappa shape index (κ3) is 4.28. The Morgan fingerprint density at radius 3 is 2.39 bits per heavy atom. The molecule has 8 heteroatoms. The molecule has 1 N–H and O–H groups in total. The molecule has 2 aromatic carbocycles. The number of rotatable bonds is 6. The van der Waals surface area contributed by atoms with E-state index in [1.807, 2.05) is 0 Å². The molecule has 0 fully saturated rings. The van der Waals surface area contributed by atoms with Crippen LogP contribution in [0.2, 0.25) is 0 Å². The molecule has 1 aliphatic heterocycles. The molecule has 1 aliphatic rings. The van der Waals surface area contributed by atoms with Crippen molar-refractivity contribution >= 4 is 17.6 Å². The Kier molecular flexibility index (Phi) is 5.88. The van der Waals surface area contributed by atoms with Gasteiger partial charge in [0.15, 0.2) is 29.1 Å². The van der Waals surface area contributed by atoms with Gasteiger partial charge in [0.2, 0.25) is 0 Å². The van der Waals surface area contributed by atoms with Crippen LogP contribution in [0.4, 0.5) is 5.69 Å². The second-order valence-electron chi connectivity index (χ2n) is 5.96. The summed E-state index contributed by atoms with van der Waals surface area (Å²) < 4.78 is 26.5. The van der Waals surface area contributed by atoms with Gasteiger partial charge in [0.25, 0.3) is 5.91 Å². The highest BCUT2D eigenvalue weighted by Crippen LogP contribution is 2.32. The Morgan fingerprint density at radius 2 is 1.68 bits per heavy atom. The number of benzene rings is 2. The second-order valence-corrected chi connectivity index (χ2v) is 5.96. The van der Waals surface area contributed by atoms with Gasteiger partial charge in [-0.05, 0) is 37.3 Å². The van der Waals surface area contributed by atoms with E-state index in [0.717, 1.165) is 0 Å². The molecule has 0 spiro atoms. The van der Waals surface area contributed by atoms with E-state index in [2.05, 4.69) is 5.32 Å². The van der Waals surface area contributed by atoms with E-state index in [1.165, 1.54) is 33.3 Å². The molecule has 28 heavy (non-hydrogen) atoms. The lowest BCUT2D eigenvalue weighted by Gasteiger charge is -2.19. The molecule has 8 nitrogen and oxygen atoms in total. The van der Waals surface area contributed by atoms with E-state index < -0.39 is 18.0 Å². The van der Waals surface area contributed by atoms with Crippen LogP contribution >= 0.6 is 0 Å². The number of carbonyl (C=O) groups excluding carboxylic acids is 2. The molecular formula is C20H21NO7. The van der Waals surface area contributed by atoms with Crippen molar-refractivity contribution in [3.05, 3.63) is 42.0 Å². The summed E-state index contributed by atoms with van der Waals surface area (Å²) in [4.78, 5) is 24.7. The monoisotopic (exact) mass is 387 g/mol. The van der Waals surface area contributed by atoms with Gasteiger partial charge in [-0.1, -0.05) is 0 Å². The average Bonchev–Trinajstić information content (AvgIpc) is 2.72. The number of ether oxygens (including phenoxy) is 5. The fraction of sp³-hybridized carbons (Fsp3) is 0.300. The van der Waals surface area contributed by atoms with Crippen LogP contribution in [0.5, 0.6) is 23.0 Å². The quantitative estimate of drug-likeness (QED) is 0.762. The van der Waals surface area contributed by atoms with Crippen molar-refractivity contribution in [3.8, 4) is 23.0 Å². The van der Waals surface area contributed by atoms with E-state index in [4.69, 9.17) is 23.7 Å². The minimum atomic E-state index is -1.01. The highest BCUT2D eigenvalue weighted by atomic mass is 16.6. The topological polar surface area (TPSA) is 92.3 Å². The lowest BCUT2D eigenvalue weighted by Crippen LogP contribution is -2.30. The zero-order chi connectivity index (χ0) is 20.1. The Hall–Kier alpha value is -3.42. The van der Waals surface area contributed by atoms with Crippen LogP contribution in [-0.4, -0.2) is 45.4 Å². The van der Waals surface area contributed by atoms with Crippen molar-refractivity contribution in [2.24, 2.45) is 0 Å². The fourth-order valence-electron chi connectivity index (χ4n) is 2.61. The van der Waals surface area contributed by atoms with E-state index >= 15 is 0 Å². The van der Waals surface area contributed by atoms with Gasteiger partial charge < -0.3 is 29.0 Å². The summed E-state index contributed by atoms with van der Waals surface area (Å²) in [7, 11) is 2.97. The molecule has 1 amide bonds. The lowest BCUT2D eigenvalue weighted by atomic mass is 10.2. The van der Waals surface area contributed by atoms with Crippen molar-refractivity contribution in [1.29, 1.82) is 0 Å². The van der Waals surface area contributed by atoms with Gasteiger partial charge in [0.05, 0.1) is 19.8 Å². The molecule has 1 atom stereocenters. The van der Waals surface area contributed by atoms with E-state index in [0.29, 0.717) is 41.9 Å². The summed E-state index contributed by atoms with van der Waals surface area (Å²) in [5.41, 5.74) is 0.764. The summed E-state index contributed by atoms with van der Waals surface area (Å²) in [6.07, 6.45) is -1.01. The fourth-order valence-corrected chi connectivity index (χ4v) is 2.61. The molecule has 0 bridgehead atoms. The molecule has 148 valence electrons. The minimum absolute atomic E-state index is 0.247. The molecule has 0 saturated heterocycles. The largest absolute Gasteiger partial charge is 0.493 e. The number of nitrogens with one attached hydrogen (secondary N) is 1. The van der Waals surface area contributed by atoms with Crippen LogP contribution < -0.4 is 24.3 Å². The van der Waals surface area contributed by atoms with E-state index in [9.17, 15) is 9.59 Å². The van der Waals surface area contributed by atoms with Gasteiger partial charge in [-0.15, -0.1) is 0 Å². The molecule has 0 unspecified atom stereocenters. The molecule has 0 aliphatic carbocycles. The Labute approximate surface area is 162 Å². The van der Waals surface area contributed by atoms with Crippen molar-refractivity contribution in [2.45, 2.75) is 13.0 Å². The number of methoxy groups -OCH3 is 2. The number of fused-ring (bicyclic) bond motifs is 1. The molecule has 0 aromatic heterocycles. The number of hydrogen-bond donors (Lipinski definition) is 1. The zero-order valence-corrected chi connectivity index (χ0v) is 15.8. The first-order valence-electron chi connectivity index (χ1n) is 8.65. The molecule has 0 radical (unpaired) electrons. The normalized spacial score (nSPS) is 13.2. The van der Waals surface area contributed by atoms with E-state index in [1.54, 1.807) is 24.3 Å². The predicted octanol–water partition coefficient (Wildman–Crippen LogP) is 2.66. The number of carbonyl (C=O) groups is 2. The first-order chi connectivity index (χ1) is 13.5. The summed E-state index contributed by atoms with van der Waals surface area (Å²) in [5, 5.41) is 2.69. The summed E-state index contributed by atoms with van der Waals surface area (Å²) in [6.45, 7) is 2.43. The minimum Gasteiger partial charge on any atom is -0.493 e. The highest BCUT2D eigenvalue weighted by Gasteiger charge is 2.21. The molecule has 1 heterocycles. The highest BCUT2D eigenvalue weighted by molar-refractivity contribution is 5.97. The van der Waals surface area contributed by atoms with Crippen molar-refractivity contribution in [3.63, 3.8) is 0 Å². The van der Waals surface area contributed by atoms with Gasteiger partial charge >= 0.3 is 5.97 Å². The number of anilines is 1. The lowest BCUT2D eigenvalue weighted by molar-refractivity contribution is -0.123. The number of hydrogen-bond acceptors (Lipinski definition) is 7. The maximum absolute atomic E-state index is 12.4.